The predicted octanol–water partition coefficient (Wildman–Crippen LogP) is 2.24. The van der Waals surface area contributed by atoms with E-state index in [1.165, 1.54) is 18.4 Å². The highest BCUT2D eigenvalue weighted by Crippen LogP contribution is 2.34. The summed E-state index contributed by atoms with van der Waals surface area (Å²) in [5.74, 6) is 1.86. The Morgan fingerprint density at radius 3 is 2.80 bits per heavy atom. The van der Waals surface area contributed by atoms with Crippen LogP contribution in [0.15, 0.2) is 41.7 Å². The fourth-order valence-corrected chi connectivity index (χ4v) is 3.47. The Bertz CT molecular complexity index is 708. The topological polar surface area (TPSA) is 58.3 Å². The Balaban J connectivity index is 1.54. The number of nitrogens with zero attached hydrogens (tertiary/aromatic N) is 5. The van der Waals surface area contributed by atoms with E-state index in [1.54, 1.807) is 11.0 Å². The first-order valence-electron chi connectivity index (χ1n) is 8.92. The number of hydrogen-bond donors (Lipinski definition) is 1. The van der Waals surface area contributed by atoms with Crippen molar-refractivity contribution in [1.82, 2.24) is 25.0 Å². The van der Waals surface area contributed by atoms with Gasteiger partial charge in [-0.15, -0.1) is 0 Å². The number of nitrogens with one attached hydrogen (secondary N) is 1. The lowest BCUT2D eigenvalue weighted by Gasteiger charge is -2.26. The van der Waals surface area contributed by atoms with Crippen LogP contribution in [0.3, 0.4) is 0 Å². The normalized spacial score (nSPS) is 20.9. The summed E-state index contributed by atoms with van der Waals surface area (Å²) in [5.41, 5.74) is 1.75. The summed E-state index contributed by atoms with van der Waals surface area (Å²) in [6.07, 6.45) is 5.12. The standard InChI is InChI=1S/C19H28N6/c1-19(10-9-16-7-5-4-6-8-16)11-12-25(14-19)18(20-2)21-13-17-22-15-23-24(17)3/h4-8,15H,9-14H2,1-3H3,(H,20,21)/t19-/m1/s1. The molecule has 1 aromatic heterocycles. The summed E-state index contributed by atoms with van der Waals surface area (Å²) in [4.78, 5) is 11.1. The first kappa shape index (κ1) is 17.5. The summed E-state index contributed by atoms with van der Waals surface area (Å²) in [6.45, 7) is 5.12. The van der Waals surface area contributed by atoms with Gasteiger partial charge in [0, 0.05) is 27.2 Å². The molecule has 1 fully saturated rings. The molecule has 134 valence electrons. The molecular weight excluding hydrogens is 312 g/mol. The Hall–Kier alpha value is -2.37. The van der Waals surface area contributed by atoms with Crippen LogP contribution in [0.5, 0.6) is 0 Å². The molecule has 1 aliphatic rings. The molecule has 0 spiro atoms. The number of benzene rings is 1. The molecule has 1 atom stereocenters. The molecule has 3 rings (SSSR count). The van der Waals surface area contributed by atoms with Crippen molar-refractivity contribution in [3.8, 4) is 0 Å². The van der Waals surface area contributed by atoms with Crippen LogP contribution in [0.1, 0.15) is 31.2 Å². The minimum atomic E-state index is 0.332. The molecule has 2 heterocycles. The Labute approximate surface area is 150 Å². The molecule has 25 heavy (non-hydrogen) atoms. The van der Waals surface area contributed by atoms with E-state index in [0.717, 1.165) is 31.3 Å². The van der Waals surface area contributed by atoms with Crippen LogP contribution in [0.4, 0.5) is 0 Å². The highest BCUT2D eigenvalue weighted by molar-refractivity contribution is 5.80. The van der Waals surface area contributed by atoms with Crippen LogP contribution in [-0.4, -0.2) is 45.8 Å². The van der Waals surface area contributed by atoms with Crippen molar-refractivity contribution in [1.29, 1.82) is 0 Å². The van der Waals surface area contributed by atoms with Gasteiger partial charge in [0.1, 0.15) is 12.2 Å². The number of aromatic nitrogens is 3. The summed E-state index contributed by atoms with van der Waals surface area (Å²) < 4.78 is 1.79. The Morgan fingerprint density at radius 1 is 1.32 bits per heavy atom. The second-order valence-corrected chi connectivity index (χ2v) is 7.17. The van der Waals surface area contributed by atoms with Gasteiger partial charge in [0.2, 0.25) is 0 Å². The van der Waals surface area contributed by atoms with Gasteiger partial charge in [-0.1, -0.05) is 37.3 Å². The van der Waals surface area contributed by atoms with Crippen molar-refractivity contribution in [3.63, 3.8) is 0 Å². The molecule has 0 radical (unpaired) electrons. The molecule has 1 saturated heterocycles. The molecule has 1 aliphatic heterocycles. The zero-order chi connectivity index (χ0) is 17.7. The summed E-state index contributed by atoms with van der Waals surface area (Å²) in [7, 11) is 3.75. The average Bonchev–Trinajstić information content (AvgIpc) is 3.22. The maximum Gasteiger partial charge on any atom is 0.194 e. The molecule has 6 heteroatoms. The lowest BCUT2D eigenvalue weighted by Crippen LogP contribution is -2.41. The molecule has 0 unspecified atom stereocenters. The molecule has 0 aliphatic carbocycles. The van der Waals surface area contributed by atoms with E-state index in [0.29, 0.717) is 12.0 Å². The Morgan fingerprint density at radius 2 is 2.12 bits per heavy atom. The van der Waals surface area contributed by atoms with Crippen LogP contribution in [0.25, 0.3) is 0 Å². The van der Waals surface area contributed by atoms with Gasteiger partial charge in [0.05, 0.1) is 6.54 Å². The van der Waals surface area contributed by atoms with Gasteiger partial charge in [-0.3, -0.25) is 9.67 Å². The van der Waals surface area contributed by atoms with Crippen LogP contribution < -0.4 is 5.32 Å². The highest BCUT2D eigenvalue weighted by Gasteiger charge is 2.34. The first-order chi connectivity index (χ1) is 12.1. The molecule has 2 aromatic rings. The van der Waals surface area contributed by atoms with E-state index in [2.05, 4.69) is 62.5 Å². The fraction of sp³-hybridized carbons (Fsp3) is 0.526. The minimum absolute atomic E-state index is 0.332. The van der Waals surface area contributed by atoms with E-state index in [-0.39, 0.29) is 0 Å². The number of likely N-dealkylation sites (tertiary alicyclic amines) is 1. The number of hydrogen-bond acceptors (Lipinski definition) is 3. The smallest absolute Gasteiger partial charge is 0.194 e. The van der Waals surface area contributed by atoms with Gasteiger partial charge in [-0.2, -0.15) is 5.10 Å². The third-order valence-corrected chi connectivity index (χ3v) is 5.14. The molecule has 0 saturated carbocycles. The monoisotopic (exact) mass is 340 g/mol. The second-order valence-electron chi connectivity index (χ2n) is 7.17. The number of rotatable bonds is 5. The fourth-order valence-electron chi connectivity index (χ4n) is 3.47. The molecule has 1 N–H and O–H groups in total. The van der Waals surface area contributed by atoms with E-state index in [9.17, 15) is 0 Å². The SMILES string of the molecule is CN=C(NCc1ncnn1C)N1CC[C@@](C)(CCc2ccccc2)C1. The van der Waals surface area contributed by atoms with Gasteiger partial charge in [0.15, 0.2) is 5.96 Å². The Kier molecular flexibility index (Phi) is 5.36. The number of guanidine groups is 1. The van der Waals surface area contributed by atoms with Gasteiger partial charge in [-0.05, 0) is 30.2 Å². The zero-order valence-corrected chi connectivity index (χ0v) is 15.4. The molecule has 1 aromatic carbocycles. The van der Waals surface area contributed by atoms with Crippen molar-refractivity contribution in [3.05, 3.63) is 48.0 Å². The van der Waals surface area contributed by atoms with Crippen molar-refractivity contribution >= 4 is 5.96 Å². The van der Waals surface area contributed by atoms with Crippen molar-refractivity contribution in [2.75, 3.05) is 20.1 Å². The predicted molar refractivity (Wildman–Crippen MR) is 100 cm³/mol. The van der Waals surface area contributed by atoms with Gasteiger partial charge < -0.3 is 10.2 Å². The van der Waals surface area contributed by atoms with Crippen molar-refractivity contribution in [2.45, 2.75) is 32.7 Å². The maximum absolute atomic E-state index is 4.46. The van der Waals surface area contributed by atoms with Crippen LogP contribution >= 0.6 is 0 Å². The van der Waals surface area contributed by atoms with Crippen molar-refractivity contribution < 1.29 is 0 Å². The quantitative estimate of drug-likeness (QED) is 0.670. The lowest BCUT2D eigenvalue weighted by molar-refractivity contribution is 0.308. The van der Waals surface area contributed by atoms with Gasteiger partial charge >= 0.3 is 0 Å². The van der Waals surface area contributed by atoms with Gasteiger partial charge in [0.25, 0.3) is 0 Å². The lowest BCUT2D eigenvalue weighted by atomic mass is 9.83. The largest absolute Gasteiger partial charge is 0.349 e. The first-order valence-corrected chi connectivity index (χ1v) is 8.92. The average molecular weight is 340 g/mol. The number of aryl methyl sites for hydroxylation is 2. The minimum Gasteiger partial charge on any atom is -0.349 e. The summed E-state index contributed by atoms with van der Waals surface area (Å²) in [6, 6.07) is 10.8. The van der Waals surface area contributed by atoms with Gasteiger partial charge in [-0.25, -0.2) is 4.98 Å². The van der Waals surface area contributed by atoms with Crippen LogP contribution in [0.2, 0.25) is 0 Å². The van der Waals surface area contributed by atoms with E-state index in [1.807, 2.05) is 14.1 Å². The van der Waals surface area contributed by atoms with E-state index >= 15 is 0 Å². The highest BCUT2D eigenvalue weighted by atomic mass is 15.3. The summed E-state index contributed by atoms with van der Waals surface area (Å²) in [5, 5.41) is 7.52. The van der Waals surface area contributed by atoms with Crippen LogP contribution in [-0.2, 0) is 20.0 Å². The second kappa shape index (κ2) is 7.68. The maximum atomic E-state index is 4.46. The zero-order valence-electron chi connectivity index (χ0n) is 15.4. The van der Waals surface area contributed by atoms with E-state index in [4.69, 9.17) is 0 Å². The third kappa shape index (κ3) is 4.38. The molecule has 6 nitrogen and oxygen atoms in total. The van der Waals surface area contributed by atoms with Crippen molar-refractivity contribution in [2.24, 2.45) is 17.5 Å². The third-order valence-electron chi connectivity index (χ3n) is 5.14. The molecule has 0 amide bonds. The van der Waals surface area contributed by atoms with Crippen LogP contribution in [0, 0.1) is 5.41 Å². The molecule has 0 bridgehead atoms. The molecular formula is C19H28N6. The number of aliphatic imine (C=N–C) groups is 1. The van der Waals surface area contributed by atoms with E-state index < -0.39 is 0 Å². The summed E-state index contributed by atoms with van der Waals surface area (Å²) >= 11 is 0.